The van der Waals surface area contributed by atoms with E-state index in [1.807, 2.05) is 12.1 Å². The maximum atomic E-state index is 10.5. The summed E-state index contributed by atoms with van der Waals surface area (Å²) in [6, 6.07) is 3.69. The Morgan fingerprint density at radius 2 is 1.18 bits per heavy atom. The quantitative estimate of drug-likeness (QED) is 0.296. The lowest BCUT2D eigenvalue weighted by molar-refractivity contribution is -0.176. The third kappa shape index (κ3) is 9.36. The lowest BCUT2D eigenvalue weighted by atomic mass is 9.97. The molecular formula is C12H18N4O6. The van der Waals surface area contributed by atoms with Gasteiger partial charge in [0.1, 0.15) is 0 Å². The van der Waals surface area contributed by atoms with Gasteiger partial charge in [0.15, 0.2) is 11.1 Å². The first-order valence-electron chi connectivity index (χ1n) is 6.06. The fourth-order valence-corrected chi connectivity index (χ4v) is 1.18. The maximum Gasteiger partial charge on any atom is 0.303 e. The Balaban J connectivity index is 0. The molecule has 0 spiro atoms. The van der Waals surface area contributed by atoms with Gasteiger partial charge in [-0.3, -0.25) is 20.1 Å². The molecule has 0 fully saturated rings. The number of carboxylic acids is 2. The summed E-state index contributed by atoms with van der Waals surface area (Å²) in [5.74, 6) is -2.12. The van der Waals surface area contributed by atoms with Crippen LogP contribution in [-0.2, 0) is 9.59 Å². The first-order chi connectivity index (χ1) is 10.2. The summed E-state index contributed by atoms with van der Waals surface area (Å²) in [6.45, 7) is 2.82. The van der Waals surface area contributed by atoms with E-state index in [0.717, 1.165) is 0 Å². The fraction of sp³-hybridized carbons (Fsp3) is 0.667. The summed E-state index contributed by atoms with van der Waals surface area (Å²) in [7, 11) is 0. The van der Waals surface area contributed by atoms with Crippen LogP contribution < -0.4 is 0 Å². The smallest absolute Gasteiger partial charge is 0.303 e. The van der Waals surface area contributed by atoms with E-state index in [9.17, 15) is 9.59 Å². The second-order valence-electron chi connectivity index (χ2n) is 4.76. The average Bonchev–Trinajstić information content (AvgIpc) is 2.51. The topological polar surface area (TPSA) is 187 Å². The van der Waals surface area contributed by atoms with Gasteiger partial charge >= 0.3 is 11.9 Å². The van der Waals surface area contributed by atoms with Crippen LogP contribution in [0.2, 0.25) is 0 Å². The normalized spacial score (nSPS) is 15.4. The lowest BCUT2D eigenvalue weighted by Crippen LogP contribution is -2.25. The van der Waals surface area contributed by atoms with E-state index in [4.69, 9.17) is 31.3 Å². The van der Waals surface area contributed by atoms with Crippen LogP contribution in [0.1, 0.15) is 39.5 Å². The summed E-state index contributed by atoms with van der Waals surface area (Å²) in [5.41, 5.74) is -2.69. The number of azo groups is 1. The molecule has 10 nitrogen and oxygen atoms in total. The minimum absolute atomic E-state index is 0.0389. The highest BCUT2D eigenvalue weighted by atomic mass is 17.0. The van der Waals surface area contributed by atoms with Crippen molar-refractivity contribution in [1.29, 1.82) is 10.5 Å². The Hall–Kier alpha value is -2.56. The molecule has 4 N–H and O–H groups in total. The number of nitriles is 2. The zero-order chi connectivity index (χ0) is 17.8. The van der Waals surface area contributed by atoms with Gasteiger partial charge in [0.2, 0.25) is 0 Å². The molecule has 0 radical (unpaired) electrons. The van der Waals surface area contributed by atoms with Crippen LogP contribution in [0.15, 0.2) is 10.2 Å². The van der Waals surface area contributed by atoms with Gasteiger partial charge in [-0.15, -0.1) is 0 Å². The molecule has 0 aliphatic rings. The SMILES string of the molecule is CC(C#N)(CCC(=O)O)/N=N/C(C)(C#N)CCC(=O)O.OO. The minimum atomic E-state index is -1.35. The molecule has 0 rings (SSSR count). The monoisotopic (exact) mass is 314 g/mol. The first kappa shape index (κ1) is 21.7. The second-order valence-corrected chi connectivity index (χ2v) is 4.76. The molecule has 0 aliphatic carbocycles. The van der Waals surface area contributed by atoms with Gasteiger partial charge in [-0.05, 0) is 26.7 Å². The minimum Gasteiger partial charge on any atom is -0.481 e. The zero-order valence-corrected chi connectivity index (χ0v) is 12.2. The predicted molar refractivity (Wildman–Crippen MR) is 71.9 cm³/mol. The third-order valence-corrected chi connectivity index (χ3v) is 2.62. The van der Waals surface area contributed by atoms with E-state index in [2.05, 4.69) is 10.2 Å². The number of hydrogen-bond acceptors (Lipinski definition) is 8. The summed E-state index contributed by atoms with van der Waals surface area (Å²) in [5, 5.41) is 54.7. The van der Waals surface area contributed by atoms with Crippen molar-refractivity contribution in [3.63, 3.8) is 0 Å². The number of aliphatic carboxylic acids is 2. The van der Waals surface area contributed by atoms with E-state index >= 15 is 0 Å². The molecular weight excluding hydrogens is 296 g/mol. The van der Waals surface area contributed by atoms with Crippen molar-refractivity contribution in [3.05, 3.63) is 0 Å². The molecule has 122 valence electrons. The van der Waals surface area contributed by atoms with Crippen molar-refractivity contribution in [2.45, 2.75) is 50.6 Å². The number of hydrogen-bond donors (Lipinski definition) is 4. The van der Waals surface area contributed by atoms with Gasteiger partial charge in [0, 0.05) is 12.8 Å². The van der Waals surface area contributed by atoms with Crippen molar-refractivity contribution in [1.82, 2.24) is 0 Å². The van der Waals surface area contributed by atoms with Crippen molar-refractivity contribution in [2.75, 3.05) is 0 Å². The van der Waals surface area contributed by atoms with E-state index in [1.54, 1.807) is 0 Å². The number of carbonyl (C=O) groups is 2. The Morgan fingerprint density at radius 1 is 0.909 bits per heavy atom. The molecule has 0 bridgehead atoms. The first-order valence-corrected chi connectivity index (χ1v) is 6.06. The van der Waals surface area contributed by atoms with Gasteiger partial charge in [0.25, 0.3) is 0 Å². The molecule has 0 amide bonds. The Labute approximate surface area is 126 Å². The molecule has 0 saturated heterocycles. The van der Waals surface area contributed by atoms with Crippen molar-refractivity contribution in [2.24, 2.45) is 10.2 Å². The average molecular weight is 314 g/mol. The second kappa shape index (κ2) is 10.2. The molecule has 0 aromatic rings. The predicted octanol–water partition coefficient (Wildman–Crippen LogP) is 1.75. The van der Waals surface area contributed by atoms with Crippen LogP contribution >= 0.6 is 0 Å². The van der Waals surface area contributed by atoms with E-state index < -0.39 is 23.0 Å². The van der Waals surface area contributed by atoms with Crippen LogP contribution in [0.25, 0.3) is 0 Å². The molecule has 10 heteroatoms. The third-order valence-electron chi connectivity index (χ3n) is 2.62. The van der Waals surface area contributed by atoms with E-state index in [0.29, 0.717) is 0 Å². The summed E-state index contributed by atoms with van der Waals surface area (Å²) >= 11 is 0. The van der Waals surface area contributed by atoms with E-state index in [-0.39, 0.29) is 25.7 Å². The molecule has 0 saturated carbocycles. The standard InChI is InChI=1S/C12H16N4O4.H2O2/c1-11(7-13,5-3-9(17)18)15-16-12(2,8-14)6-4-10(19)20;1-2/h3-6H2,1-2H3,(H,17,18)(H,19,20);1-2H/b16-15+;. The highest BCUT2D eigenvalue weighted by Crippen LogP contribution is 2.23. The fourth-order valence-electron chi connectivity index (χ4n) is 1.18. The van der Waals surface area contributed by atoms with Crippen LogP contribution in [0.5, 0.6) is 0 Å². The van der Waals surface area contributed by atoms with E-state index in [1.165, 1.54) is 13.8 Å². The maximum absolute atomic E-state index is 10.5. The summed E-state index contributed by atoms with van der Waals surface area (Å²) in [6.07, 6.45) is -0.575. The number of rotatable bonds is 8. The molecule has 22 heavy (non-hydrogen) atoms. The van der Waals surface area contributed by atoms with Crippen molar-refractivity contribution in [3.8, 4) is 12.1 Å². The van der Waals surface area contributed by atoms with Gasteiger partial charge in [-0.1, -0.05) is 0 Å². The van der Waals surface area contributed by atoms with Crippen LogP contribution in [0.4, 0.5) is 0 Å². The highest BCUT2D eigenvalue weighted by molar-refractivity contribution is 5.67. The van der Waals surface area contributed by atoms with Gasteiger partial charge in [-0.25, -0.2) is 0 Å². The summed E-state index contributed by atoms with van der Waals surface area (Å²) < 4.78 is 0. The Morgan fingerprint density at radius 3 is 1.36 bits per heavy atom. The molecule has 0 aromatic heterocycles. The Kier molecular flexibility index (Phi) is 10.1. The van der Waals surface area contributed by atoms with Crippen molar-refractivity contribution >= 4 is 11.9 Å². The number of nitrogens with zero attached hydrogens (tertiary/aromatic N) is 4. The van der Waals surface area contributed by atoms with Crippen molar-refractivity contribution < 1.29 is 30.3 Å². The molecule has 0 aliphatic heterocycles. The van der Waals surface area contributed by atoms with Gasteiger partial charge in [0.05, 0.1) is 12.1 Å². The zero-order valence-electron chi connectivity index (χ0n) is 12.2. The van der Waals surface area contributed by atoms with Crippen LogP contribution in [0, 0.1) is 22.7 Å². The molecule has 0 aromatic carbocycles. The molecule has 2 unspecified atom stereocenters. The lowest BCUT2D eigenvalue weighted by Gasteiger charge is -2.18. The van der Waals surface area contributed by atoms with Gasteiger partial charge < -0.3 is 10.2 Å². The van der Waals surface area contributed by atoms with Crippen LogP contribution in [0.3, 0.4) is 0 Å². The van der Waals surface area contributed by atoms with Crippen LogP contribution in [-0.4, -0.2) is 43.7 Å². The molecule has 0 heterocycles. The van der Waals surface area contributed by atoms with Gasteiger partial charge in [-0.2, -0.15) is 20.8 Å². The largest absolute Gasteiger partial charge is 0.481 e. The number of carboxylic acid groups (broad SMARTS) is 2. The molecule has 2 atom stereocenters. The highest BCUT2D eigenvalue weighted by Gasteiger charge is 2.29. The summed E-state index contributed by atoms with van der Waals surface area (Å²) in [4.78, 5) is 21.0. The Bertz CT molecular complexity index is 451.